The monoisotopic (exact) mass is 275 g/mol. The van der Waals surface area contributed by atoms with E-state index in [2.05, 4.69) is 10.0 Å². The van der Waals surface area contributed by atoms with Crippen molar-refractivity contribution in [2.75, 3.05) is 20.1 Å². The van der Waals surface area contributed by atoms with Crippen molar-refractivity contribution < 1.29 is 13.2 Å². The van der Waals surface area contributed by atoms with Gasteiger partial charge in [-0.15, -0.1) is 0 Å². The van der Waals surface area contributed by atoms with E-state index in [0.717, 1.165) is 19.4 Å². The molecule has 3 atom stereocenters. The topological polar surface area (TPSA) is 78.5 Å². The zero-order chi connectivity index (χ0) is 13.3. The van der Waals surface area contributed by atoms with E-state index in [1.165, 1.54) is 4.90 Å². The lowest BCUT2D eigenvalue weighted by atomic mass is 10.0. The number of piperidine rings is 1. The molecule has 0 saturated carbocycles. The SMILES string of the molecule is CC1NCCCC1NS(=O)(=O)C1CC(=O)N(C)C1. The molecule has 2 saturated heterocycles. The van der Waals surface area contributed by atoms with Crippen molar-refractivity contribution in [2.24, 2.45) is 0 Å². The molecule has 0 bridgehead atoms. The van der Waals surface area contributed by atoms with Gasteiger partial charge < -0.3 is 10.2 Å². The maximum atomic E-state index is 12.2. The smallest absolute Gasteiger partial charge is 0.223 e. The third-order valence-electron chi connectivity index (χ3n) is 3.82. The van der Waals surface area contributed by atoms with Crippen LogP contribution in [0.25, 0.3) is 0 Å². The van der Waals surface area contributed by atoms with Gasteiger partial charge in [0.05, 0.1) is 0 Å². The Hall–Kier alpha value is -0.660. The van der Waals surface area contributed by atoms with Crippen LogP contribution in [0.3, 0.4) is 0 Å². The van der Waals surface area contributed by atoms with Crippen LogP contribution in [0.2, 0.25) is 0 Å². The fourth-order valence-electron chi connectivity index (χ4n) is 2.54. The summed E-state index contributed by atoms with van der Waals surface area (Å²) in [5, 5.41) is 2.65. The summed E-state index contributed by atoms with van der Waals surface area (Å²) in [6.07, 6.45) is 1.92. The van der Waals surface area contributed by atoms with E-state index in [1.807, 2.05) is 6.92 Å². The molecule has 18 heavy (non-hydrogen) atoms. The molecule has 2 N–H and O–H groups in total. The Balaban J connectivity index is 2.01. The van der Waals surface area contributed by atoms with Gasteiger partial charge in [0.25, 0.3) is 0 Å². The number of carbonyl (C=O) groups excluding carboxylic acids is 1. The van der Waals surface area contributed by atoms with Crippen molar-refractivity contribution in [1.29, 1.82) is 0 Å². The number of hydrogen-bond donors (Lipinski definition) is 2. The van der Waals surface area contributed by atoms with Crippen molar-refractivity contribution in [3.8, 4) is 0 Å². The van der Waals surface area contributed by atoms with Crippen LogP contribution in [0.15, 0.2) is 0 Å². The first-order valence-electron chi connectivity index (χ1n) is 6.38. The lowest BCUT2D eigenvalue weighted by Gasteiger charge is -2.31. The molecule has 3 unspecified atom stereocenters. The molecule has 1 amide bonds. The van der Waals surface area contributed by atoms with Crippen molar-refractivity contribution in [1.82, 2.24) is 14.9 Å². The van der Waals surface area contributed by atoms with Crippen LogP contribution in [0, 0.1) is 0 Å². The first-order valence-corrected chi connectivity index (χ1v) is 7.93. The highest BCUT2D eigenvalue weighted by atomic mass is 32.2. The summed E-state index contributed by atoms with van der Waals surface area (Å²) < 4.78 is 27.2. The van der Waals surface area contributed by atoms with E-state index < -0.39 is 15.3 Å². The fraction of sp³-hybridized carbons (Fsp3) is 0.909. The van der Waals surface area contributed by atoms with Gasteiger partial charge in [-0.25, -0.2) is 13.1 Å². The first kappa shape index (κ1) is 13.8. The summed E-state index contributed by atoms with van der Waals surface area (Å²) in [5.74, 6) is -0.0970. The van der Waals surface area contributed by atoms with Crippen LogP contribution in [-0.2, 0) is 14.8 Å². The number of sulfonamides is 1. The van der Waals surface area contributed by atoms with Crippen LogP contribution >= 0.6 is 0 Å². The lowest BCUT2D eigenvalue weighted by Crippen LogP contribution is -2.53. The normalized spacial score (nSPS) is 34.0. The minimum absolute atomic E-state index is 0.0650. The standard InChI is InChI=1S/C11H21N3O3S/c1-8-10(4-3-5-12-8)13-18(16,17)9-6-11(15)14(2)7-9/h8-10,12-13H,3-7H2,1-2H3. The molecule has 0 aromatic heterocycles. The second kappa shape index (κ2) is 5.14. The largest absolute Gasteiger partial charge is 0.344 e. The maximum Gasteiger partial charge on any atom is 0.223 e. The Labute approximate surface area is 108 Å². The van der Waals surface area contributed by atoms with E-state index in [4.69, 9.17) is 0 Å². The molecule has 0 radical (unpaired) electrons. The second-order valence-electron chi connectivity index (χ2n) is 5.25. The molecule has 2 aliphatic heterocycles. The summed E-state index contributed by atoms with van der Waals surface area (Å²) in [7, 11) is -1.77. The molecule has 0 aromatic carbocycles. The molecule has 0 aromatic rings. The van der Waals surface area contributed by atoms with Crippen molar-refractivity contribution in [3.05, 3.63) is 0 Å². The summed E-state index contributed by atoms with van der Waals surface area (Å²) >= 11 is 0. The van der Waals surface area contributed by atoms with Crippen molar-refractivity contribution in [2.45, 2.75) is 43.5 Å². The van der Waals surface area contributed by atoms with E-state index in [9.17, 15) is 13.2 Å². The number of amides is 1. The zero-order valence-corrected chi connectivity index (χ0v) is 11.7. The Morgan fingerprint density at radius 2 is 2.17 bits per heavy atom. The summed E-state index contributed by atoms with van der Waals surface area (Å²) in [5.41, 5.74) is 0. The van der Waals surface area contributed by atoms with E-state index >= 15 is 0 Å². The van der Waals surface area contributed by atoms with Crippen LogP contribution in [0.4, 0.5) is 0 Å². The first-order chi connectivity index (χ1) is 8.40. The van der Waals surface area contributed by atoms with Gasteiger partial charge in [-0.05, 0) is 26.3 Å². The number of rotatable bonds is 3. The van der Waals surface area contributed by atoms with Gasteiger partial charge in [-0.2, -0.15) is 0 Å². The maximum absolute atomic E-state index is 12.2. The molecule has 2 heterocycles. The summed E-state index contributed by atoms with van der Waals surface area (Å²) in [6.45, 7) is 3.21. The third-order valence-corrected chi connectivity index (χ3v) is 5.65. The summed E-state index contributed by atoms with van der Waals surface area (Å²) in [6, 6.07) is 0.0770. The minimum Gasteiger partial charge on any atom is -0.344 e. The van der Waals surface area contributed by atoms with Gasteiger partial charge in [0.1, 0.15) is 5.25 Å². The molecular weight excluding hydrogens is 254 g/mol. The number of nitrogens with one attached hydrogen (secondary N) is 2. The van der Waals surface area contributed by atoms with Crippen LogP contribution in [0.5, 0.6) is 0 Å². The molecule has 6 nitrogen and oxygen atoms in total. The average molecular weight is 275 g/mol. The van der Waals surface area contributed by atoms with Gasteiger partial charge in [-0.3, -0.25) is 4.79 Å². The fourth-order valence-corrected chi connectivity index (χ4v) is 4.26. The van der Waals surface area contributed by atoms with E-state index in [1.54, 1.807) is 7.05 Å². The lowest BCUT2D eigenvalue weighted by molar-refractivity contribution is -0.126. The molecule has 0 spiro atoms. The second-order valence-corrected chi connectivity index (χ2v) is 7.25. The molecule has 7 heteroatoms. The molecule has 2 rings (SSSR count). The quantitative estimate of drug-likeness (QED) is 0.712. The van der Waals surface area contributed by atoms with Gasteiger partial charge >= 0.3 is 0 Å². The van der Waals surface area contributed by atoms with E-state index in [-0.39, 0.29) is 24.4 Å². The van der Waals surface area contributed by atoms with Gasteiger partial charge in [0.15, 0.2) is 0 Å². The average Bonchev–Trinajstić information content (AvgIpc) is 2.63. The molecule has 2 aliphatic rings. The minimum atomic E-state index is -3.41. The molecule has 104 valence electrons. The predicted octanol–water partition coefficient (Wildman–Crippen LogP) is -0.723. The van der Waals surface area contributed by atoms with Crippen molar-refractivity contribution >= 4 is 15.9 Å². The van der Waals surface area contributed by atoms with Crippen LogP contribution < -0.4 is 10.0 Å². The van der Waals surface area contributed by atoms with E-state index in [0.29, 0.717) is 6.54 Å². The molecule has 0 aliphatic carbocycles. The van der Waals surface area contributed by atoms with Crippen LogP contribution in [-0.4, -0.2) is 56.7 Å². The van der Waals surface area contributed by atoms with Crippen LogP contribution in [0.1, 0.15) is 26.2 Å². The Kier molecular flexibility index (Phi) is 3.93. The number of hydrogen-bond acceptors (Lipinski definition) is 4. The predicted molar refractivity (Wildman–Crippen MR) is 68.6 cm³/mol. The highest BCUT2D eigenvalue weighted by molar-refractivity contribution is 7.90. The van der Waals surface area contributed by atoms with Gasteiger partial charge in [0, 0.05) is 32.1 Å². The number of nitrogens with zero attached hydrogens (tertiary/aromatic N) is 1. The van der Waals surface area contributed by atoms with Gasteiger partial charge in [0.2, 0.25) is 15.9 Å². The third kappa shape index (κ3) is 2.84. The highest BCUT2D eigenvalue weighted by Crippen LogP contribution is 2.18. The molecular formula is C11H21N3O3S. The number of carbonyl (C=O) groups is 1. The Morgan fingerprint density at radius 3 is 2.72 bits per heavy atom. The number of likely N-dealkylation sites (tertiary alicyclic amines) is 1. The summed E-state index contributed by atoms with van der Waals surface area (Å²) in [4.78, 5) is 12.9. The van der Waals surface area contributed by atoms with Gasteiger partial charge in [-0.1, -0.05) is 0 Å². The molecule has 2 fully saturated rings. The zero-order valence-electron chi connectivity index (χ0n) is 10.8. The van der Waals surface area contributed by atoms with Crippen molar-refractivity contribution in [3.63, 3.8) is 0 Å². The highest BCUT2D eigenvalue weighted by Gasteiger charge is 2.38. The Bertz CT molecular complexity index is 423. The Morgan fingerprint density at radius 1 is 1.44 bits per heavy atom.